The van der Waals surface area contributed by atoms with Crippen LogP contribution in [-0.4, -0.2) is 47.3 Å². The maximum atomic E-state index is 13.8. The van der Waals surface area contributed by atoms with Crippen molar-refractivity contribution in [2.45, 2.75) is 38.7 Å². The number of nitrogens with one attached hydrogen (secondary N) is 1. The number of benzene rings is 1. The second-order valence-electron chi connectivity index (χ2n) is 7.46. The van der Waals surface area contributed by atoms with Crippen molar-refractivity contribution in [1.82, 2.24) is 14.8 Å². The lowest BCUT2D eigenvalue weighted by molar-refractivity contribution is -0.112. The Kier molecular flexibility index (Phi) is 5.48. The Hall–Kier alpha value is -3.27. The smallest absolute Gasteiger partial charge is 0.276 e. The molecule has 1 saturated heterocycles. The van der Waals surface area contributed by atoms with Gasteiger partial charge in [-0.15, -0.1) is 0 Å². The number of hydrogen-bond donors (Lipinski definition) is 1. The minimum atomic E-state index is -0.839. The van der Waals surface area contributed by atoms with Gasteiger partial charge >= 0.3 is 0 Å². The molecular formula is C21H21F2N3O5. The molecule has 31 heavy (non-hydrogen) atoms. The first-order chi connectivity index (χ1) is 14.8. The molecule has 4 rings (SSSR count). The van der Waals surface area contributed by atoms with E-state index in [0.717, 1.165) is 12.1 Å². The van der Waals surface area contributed by atoms with Crippen LogP contribution in [0.15, 0.2) is 29.2 Å². The van der Waals surface area contributed by atoms with Crippen LogP contribution in [0.25, 0.3) is 0 Å². The lowest BCUT2D eigenvalue weighted by atomic mass is 10.1. The molecule has 8 nitrogen and oxygen atoms in total. The molecule has 0 unspecified atom stereocenters. The third-order valence-corrected chi connectivity index (χ3v) is 5.60. The fraction of sp³-hybridized carbons (Fsp3) is 0.381. The highest BCUT2D eigenvalue weighted by Gasteiger charge is 2.41. The number of aromatic nitrogens is 1. The van der Waals surface area contributed by atoms with E-state index in [4.69, 9.17) is 9.47 Å². The zero-order valence-electron chi connectivity index (χ0n) is 17.0. The average molecular weight is 433 g/mol. The quantitative estimate of drug-likeness (QED) is 0.792. The topological polar surface area (TPSA) is 89.9 Å². The monoisotopic (exact) mass is 433 g/mol. The molecule has 1 fully saturated rings. The molecule has 1 aromatic carbocycles. The van der Waals surface area contributed by atoms with Crippen molar-refractivity contribution in [3.8, 4) is 5.75 Å². The van der Waals surface area contributed by atoms with Gasteiger partial charge in [0.15, 0.2) is 17.7 Å². The van der Waals surface area contributed by atoms with E-state index < -0.39 is 41.7 Å². The minimum absolute atomic E-state index is 0.0396. The second-order valence-corrected chi connectivity index (χ2v) is 7.46. The molecule has 2 aliphatic rings. The van der Waals surface area contributed by atoms with Gasteiger partial charge in [-0.05, 0) is 25.5 Å². The number of fused-ring (bicyclic) bond motifs is 2. The van der Waals surface area contributed by atoms with Crippen molar-refractivity contribution < 1.29 is 27.8 Å². The summed E-state index contributed by atoms with van der Waals surface area (Å²) < 4.78 is 40.0. The number of nitrogens with zero attached hydrogens (tertiary/aromatic N) is 2. The highest BCUT2D eigenvalue weighted by atomic mass is 19.1. The first-order valence-electron chi connectivity index (χ1n) is 9.80. The summed E-state index contributed by atoms with van der Waals surface area (Å²) in [6.07, 6.45) is 1.40. The minimum Gasteiger partial charge on any atom is -0.491 e. The van der Waals surface area contributed by atoms with Crippen molar-refractivity contribution >= 4 is 11.8 Å². The zero-order chi connectivity index (χ0) is 22.3. The first-order valence-corrected chi connectivity index (χ1v) is 9.80. The second kappa shape index (κ2) is 8.10. The van der Waals surface area contributed by atoms with Crippen LogP contribution < -0.4 is 15.5 Å². The normalized spacial score (nSPS) is 20.1. The van der Waals surface area contributed by atoms with Gasteiger partial charge in [-0.25, -0.2) is 8.78 Å². The van der Waals surface area contributed by atoms with Crippen LogP contribution in [0.4, 0.5) is 8.78 Å². The van der Waals surface area contributed by atoms with Crippen LogP contribution >= 0.6 is 0 Å². The maximum absolute atomic E-state index is 13.8. The highest BCUT2D eigenvalue weighted by molar-refractivity contribution is 5.99. The maximum Gasteiger partial charge on any atom is 0.276 e. The van der Waals surface area contributed by atoms with Crippen LogP contribution in [-0.2, 0) is 17.8 Å². The van der Waals surface area contributed by atoms with E-state index in [1.165, 1.54) is 23.9 Å². The molecule has 0 bridgehead atoms. The van der Waals surface area contributed by atoms with E-state index in [1.54, 1.807) is 4.90 Å². The summed E-state index contributed by atoms with van der Waals surface area (Å²) in [5.41, 5.74) is -1.37. The van der Waals surface area contributed by atoms with Crippen molar-refractivity contribution in [1.29, 1.82) is 0 Å². The molecule has 10 heteroatoms. The average Bonchev–Trinajstić information content (AvgIpc) is 2.73. The largest absolute Gasteiger partial charge is 0.491 e. The summed E-state index contributed by atoms with van der Waals surface area (Å²) in [4.78, 5) is 40.2. The number of ether oxygens (including phenoxy) is 2. The molecule has 0 radical (unpaired) electrons. The summed E-state index contributed by atoms with van der Waals surface area (Å²) >= 11 is 0. The Labute approximate surface area is 176 Å². The highest BCUT2D eigenvalue weighted by Crippen LogP contribution is 2.29. The van der Waals surface area contributed by atoms with Crippen LogP contribution in [0, 0.1) is 11.6 Å². The molecule has 2 aliphatic heterocycles. The predicted octanol–water partition coefficient (Wildman–Crippen LogP) is 1.66. The van der Waals surface area contributed by atoms with Gasteiger partial charge < -0.3 is 24.3 Å². The molecule has 0 aliphatic carbocycles. The SMILES string of the molecule is COc1c2n(cc(C(=O)NCc3c(F)cccc3F)c1=O)C[C@@H]1OCC[C@@H](C)N1C2=O. The van der Waals surface area contributed by atoms with E-state index >= 15 is 0 Å². The number of halogens is 2. The molecule has 1 N–H and O–H groups in total. The number of hydrogen-bond acceptors (Lipinski definition) is 5. The molecule has 164 valence electrons. The fourth-order valence-corrected chi connectivity index (χ4v) is 3.96. The Balaban J connectivity index is 1.68. The first kappa shape index (κ1) is 21.0. The molecule has 1 aromatic heterocycles. The molecule has 0 spiro atoms. The number of methoxy groups -OCH3 is 1. The van der Waals surface area contributed by atoms with Crippen molar-refractivity contribution in [2.24, 2.45) is 0 Å². The van der Waals surface area contributed by atoms with Gasteiger partial charge in [0.1, 0.15) is 17.2 Å². The number of carbonyl (C=O) groups is 2. The van der Waals surface area contributed by atoms with Gasteiger partial charge in [0.05, 0.1) is 20.3 Å². The van der Waals surface area contributed by atoms with Gasteiger partial charge in [0.2, 0.25) is 5.43 Å². The van der Waals surface area contributed by atoms with Gasteiger partial charge in [-0.3, -0.25) is 14.4 Å². The molecule has 3 heterocycles. The van der Waals surface area contributed by atoms with Crippen LogP contribution in [0.1, 0.15) is 39.8 Å². The molecule has 0 saturated carbocycles. The van der Waals surface area contributed by atoms with Gasteiger partial charge in [-0.1, -0.05) is 6.07 Å². The number of pyridine rings is 1. The molecule has 2 atom stereocenters. The number of carbonyl (C=O) groups excluding carboxylic acids is 2. The number of rotatable bonds is 4. The Morgan fingerprint density at radius 2 is 2.00 bits per heavy atom. The summed E-state index contributed by atoms with van der Waals surface area (Å²) in [5.74, 6) is -3.14. The molecule has 2 aromatic rings. The van der Waals surface area contributed by atoms with Gasteiger partial charge in [0, 0.05) is 24.3 Å². The van der Waals surface area contributed by atoms with Crippen LogP contribution in [0.2, 0.25) is 0 Å². The van der Waals surface area contributed by atoms with Gasteiger partial charge in [-0.2, -0.15) is 0 Å². The van der Waals surface area contributed by atoms with E-state index in [2.05, 4.69) is 5.32 Å². The lowest BCUT2D eigenvalue weighted by Gasteiger charge is -2.44. The Morgan fingerprint density at radius 3 is 2.68 bits per heavy atom. The standard InChI is InChI=1S/C21H21F2N3O5/c1-11-6-7-31-16-10-25-9-13(18(27)19(30-2)17(25)21(29)26(11)16)20(28)24-8-12-14(22)4-3-5-15(12)23/h3-5,9,11,16H,6-8,10H2,1-2H3,(H,24,28)/t11-,16+/m1/s1. The van der Waals surface area contributed by atoms with Crippen molar-refractivity contribution in [2.75, 3.05) is 13.7 Å². The molecular weight excluding hydrogens is 412 g/mol. The van der Waals surface area contributed by atoms with Crippen molar-refractivity contribution in [3.05, 3.63) is 63.1 Å². The fourth-order valence-electron chi connectivity index (χ4n) is 3.96. The van der Waals surface area contributed by atoms with E-state index in [-0.39, 0.29) is 35.2 Å². The predicted molar refractivity (Wildman–Crippen MR) is 105 cm³/mol. The third kappa shape index (κ3) is 3.56. The van der Waals surface area contributed by atoms with Crippen LogP contribution in [0.3, 0.4) is 0 Å². The lowest BCUT2D eigenvalue weighted by Crippen LogP contribution is -2.57. The summed E-state index contributed by atoms with van der Waals surface area (Å²) in [5, 5.41) is 2.36. The van der Waals surface area contributed by atoms with Crippen molar-refractivity contribution in [3.63, 3.8) is 0 Å². The van der Waals surface area contributed by atoms with E-state index in [0.29, 0.717) is 13.0 Å². The third-order valence-electron chi connectivity index (χ3n) is 5.60. The summed E-state index contributed by atoms with van der Waals surface area (Å²) in [7, 11) is 1.24. The summed E-state index contributed by atoms with van der Waals surface area (Å²) in [6.45, 7) is 2.15. The summed E-state index contributed by atoms with van der Waals surface area (Å²) in [6, 6.07) is 3.29. The van der Waals surface area contributed by atoms with E-state index in [9.17, 15) is 23.2 Å². The van der Waals surface area contributed by atoms with E-state index in [1.807, 2.05) is 6.92 Å². The zero-order valence-corrected chi connectivity index (χ0v) is 17.0. The Morgan fingerprint density at radius 1 is 1.29 bits per heavy atom. The Bertz CT molecular complexity index is 1100. The number of amides is 2. The van der Waals surface area contributed by atoms with Gasteiger partial charge in [0.25, 0.3) is 11.8 Å². The molecule has 2 amide bonds. The van der Waals surface area contributed by atoms with Crippen LogP contribution in [0.5, 0.6) is 5.75 Å².